The van der Waals surface area contributed by atoms with Crippen molar-refractivity contribution in [2.45, 2.75) is 79.1 Å². The highest BCUT2D eigenvalue weighted by Crippen LogP contribution is 2.40. The van der Waals surface area contributed by atoms with Gasteiger partial charge in [-0.2, -0.15) is 0 Å². The van der Waals surface area contributed by atoms with Crippen molar-refractivity contribution >= 4 is 7.32 Å². The van der Waals surface area contributed by atoms with E-state index in [1.165, 1.54) is 82.0 Å². The third-order valence-electron chi connectivity index (χ3n) is 14.3. The summed E-state index contributed by atoms with van der Waals surface area (Å²) in [4.78, 5) is 0. The van der Waals surface area contributed by atoms with Crippen molar-refractivity contribution in [2.75, 3.05) is 26.2 Å². The number of halogens is 36. The van der Waals surface area contributed by atoms with Gasteiger partial charge in [0.1, 0.15) is 0 Å². The summed E-state index contributed by atoms with van der Waals surface area (Å²) < 4.78 is 472. The second-order valence-electron chi connectivity index (χ2n) is 21.1. The Hall–Kier alpha value is -8.86. The van der Waals surface area contributed by atoms with Crippen molar-refractivity contribution in [3.05, 3.63) is 234 Å². The van der Waals surface area contributed by atoms with E-state index in [1.807, 2.05) is 0 Å². The molecule has 8 aromatic rings. The van der Waals surface area contributed by atoms with Crippen LogP contribution in [-0.4, -0.2) is 48.0 Å². The fraction of sp³-hybridized carbons (Fsp3) is 0.250. The molecule has 0 fully saturated rings. The van der Waals surface area contributed by atoms with Gasteiger partial charge in [-0.15, -0.1) is 0 Å². The minimum absolute atomic E-state index is 0.216. The Bertz CT molecular complexity index is 3810. The molecule has 0 unspecified atom stereocenters. The molecule has 0 saturated heterocycles. The first kappa shape index (κ1) is 90.4. The van der Waals surface area contributed by atoms with Gasteiger partial charge in [0, 0.05) is 22.3 Å². The molecule has 0 saturated carbocycles. The highest BCUT2D eigenvalue weighted by molar-refractivity contribution is 6.28. The molecule has 0 heterocycles. The van der Waals surface area contributed by atoms with E-state index < -0.39 is 261 Å². The predicted molar refractivity (Wildman–Crippen MR) is 296 cm³/mol. The quantitative estimate of drug-likeness (QED) is 0.0333. The van der Waals surface area contributed by atoms with Gasteiger partial charge in [0.05, 0.1) is 48.4 Å². The Morgan fingerprint density at radius 1 is 0.219 bits per heavy atom. The third-order valence-corrected chi connectivity index (χ3v) is 14.3. The van der Waals surface area contributed by atoms with E-state index in [1.54, 1.807) is 0 Å². The standard InChI is InChI=1S/C16H36N.4C12HF9.BH2O3/c1-5-9-13-17(14-10-6-2,15-11-7-3)16-12-8-4;4*13-3-1-2(5(14)9(18)6(3)15)4-7(16)10(19)12(21)11(20)8(4)17;2-1(3)4/h5-16H2,1-4H3;4*1H;2-3H/q+1;;;;;-1. The molecule has 0 atom stereocenters. The lowest BCUT2D eigenvalue weighted by molar-refractivity contribution is -0.929. The largest absolute Gasteiger partial charge is 0.832 e. The van der Waals surface area contributed by atoms with Gasteiger partial charge < -0.3 is 19.6 Å². The van der Waals surface area contributed by atoms with Gasteiger partial charge in [0.25, 0.3) is 0 Å². The van der Waals surface area contributed by atoms with Crippen molar-refractivity contribution in [1.29, 1.82) is 0 Å². The first-order valence-corrected chi connectivity index (χ1v) is 29.0. The van der Waals surface area contributed by atoms with Crippen LogP contribution in [0, 0.1) is 209 Å². The zero-order valence-electron chi connectivity index (χ0n) is 52.7. The van der Waals surface area contributed by atoms with E-state index in [9.17, 15) is 158 Å². The lowest BCUT2D eigenvalue weighted by atomic mass is 10.0. The van der Waals surface area contributed by atoms with Gasteiger partial charge in [-0.25, -0.2) is 158 Å². The third kappa shape index (κ3) is 20.0. The topological polar surface area (TPSA) is 63.5 Å². The number of nitrogens with zero attached hydrogens (tertiary/aromatic N) is 1. The molecule has 4 nitrogen and oxygen atoms in total. The highest BCUT2D eigenvalue weighted by atomic mass is 19.2. The van der Waals surface area contributed by atoms with Crippen molar-refractivity contribution in [3.8, 4) is 44.5 Å². The summed E-state index contributed by atoms with van der Waals surface area (Å²) in [6, 6.07) is -0.865. The van der Waals surface area contributed by atoms with Crippen LogP contribution in [-0.2, 0) is 0 Å². The zero-order valence-corrected chi connectivity index (χ0v) is 52.7. The second-order valence-corrected chi connectivity index (χ2v) is 21.1. The van der Waals surface area contributed by atoms with Crippen molar-refractivity contribution in [1.82, 2.24) is 0 Å². The molecule has 0 aliphatic rings. The summed E-state index contributed by atoms with van der Waals surface area (Å²) in [5.41, 5.74) is -14.2. The summed E-state index contributed by atoms with van der Waals surface area (Å²) in [5.74, 6) is -86.0. The van der Waals surface area contributed by atoms with E-state index >= 15 is 0 Å². The van der Waals surface area contributed by atoms with Crippen LogP contribution in [0.25, 0.3) is 44.5 Å². The second kappa shape index (κ2) is 38.4. The summed E-state index contributed by atoms with van der Waals surface area (Å²) in [5, 5.41) is 22.8. The normalized spacial score (nSPS) is 11.1. The number of unbranched alkanes of at least 4 members (excludes halogenated alkanes) is 4. The lowest BCUT2D eigenvalue weighted by Gasteiger charge is -2.39. The molecule has 2 N–H and O–H groups in total. The molecule has 576 valence electrons. The SMILES string of the molecule is CCCC[N+](CCCC)(CCCC)CCCC.Fc1cc(-c2c(F)c(F)c(F)c(F)c2F)c(F)c(F)c1F.Fc1cc(-c2c(F)c(F)c(F)c(F)c2F)c(F)c(F)c1F.Fc1cc(-c2c(F)c(F)c(F)c(F)c2F)c(F)c(F)c1F.Fc1cc(-c2c(F)c(F)c(F)c(F)c2F)c(F)c(F)c1F.[O-]B(O)O. The van der Waals surface area contributed by atoms with Gasteiger partial charge in [-0.05, 0) is 49.9 Å². The van der Waals surface area contributed by atoms with Crippen LogP contribution in [0.3, 0.4) is 0 Å². The molecule has 0 aliphatic heterocycles. The minimum atomic E-state index is -2.53. The smallest absolute Gasteiger partial charge is 0.339 e. The van der Waals surface area contributed by atoms with Crippen LogP contribution < -0.4 is 5.02 Å². The molecule has 0 aromatic heterocycles. The summed E-state index contributed by atoms with van der Waals surface area (Å²) in [6.07, 6.45) is 11.1. The van der Waals surface area contributed by atoms with E-state index in [0.717, 1.165) is 0 Å². The first-order chi connectivity index (χ1) is 48.7. The van der Waals surface area contributed by atoms with Crippen molar-refractivity contribution < 1.29 is 178 Å². The number of rotatable bonds is 16. The number of benzene rings is 8. The van der Waals surface area contributed by atoms with Crippen LogP contribution in [0.1, 0.15) is 79.1 Å². The molecule has 0 bridgehead atoms. The highest BCUT2D eigenvalue weighted by Gasteiger charge is 2.36. The van der Waals surface area contributed by atoms with Crippen LogP contribution in [0.4, 0.5) is 158 Å². The molecule has 0 amide bonds. The number of quaternary nitrogens is 1. The van der Waals surface area contributed by atoms with Crippen LogP contribution >= 0.6 is 0 Å². The first-order valence-electron chi connectivity index (χ1n) is 29.0. The average molecular weight is 1570 g/mol. The Morgan fingerprint density at radius 3 is 0.457 bits per heavy atom. The zero-order chi connectivity index (χ0) is 80.8. The fourth-order valence-corrected chi connectivity index (χ4v) is 9.03. The molecule has 0 aliphatic carbocycles. The molecule has 8 rings (SSSR count). The Kier molecular flexibility index (Phi) is 33.1. The summed E-state index contributed by atoms with van der Waals surface area (Å²) >= 11 is 0. The van der Waals surface area contributed by atoms with Gasteiger partial charge >= 0.3 is 7.32 Å². The van der Waals surface area contributed by atoms with Crippen LogP contribution in [0.15, 0.2) is 24.3 Å². The van der Waals surface area contributed by atoms with Crippen molar-refractivity contribution in [3.63, 3.8) is 0 Å². The number of hydrogen-bond donors (Lipinski definition) is 2. The molecular formula is C64H42BF36NO3. The number of hydrogen-bond acceptors (Lipinski definition) is 3. The Morgan fingerprint density at radius 2 is 0.333 bits per heavy atom. The lowest BCUT2D eigenvalue weighted by Crippen LogP contribution is -2.50. The predicted octanol–water partition coefficient (Wildman–Crippen LogP) is 20.7. The summed E-state index contributed by atoms with van der Waals surface area (Å²) in [6.45, 7) is 15.0. The van der Waals surface area contributed by atoms with Crippen LogP contribution in [0.5, 0.6) is 0 Å². The van der Waals surface area contributed by atoms with Gasteiger partial charge in [-0.3, -0.25) is 0 Å². The van der Waals surface area contributed by atoms with Gasteiger partial charge in [0.2, 0.25) is 23.3 Å². The molecule has 0 spiro atoms. The fourth-order valence-electron chi connectivity index (χ4n) is 9.03. The van der Waals surface area contributed by atoms with E-state index in [-0.39, 0.29) is 24.3 Å². The van der Waals surface area contributed by atoms with Crippen LogP contribution in [0.2, 0.25) is 0 Å². The average Bonchev–Trinajstić information content (AvgIpc) is 0.781. The monoisotopic (exact) mass is 1570 g/mol. The Balaban J connectivity index is 0.000000337. The maximum Gasteiger partial charge on any atom is 0.339 e. The molecule has 41 heteroatoms. The molecule has 105 heavy (non-hydrogen) atoms. The maximum atomic E-state index is 13.4. The molecular weight excluding hydrogens is 1530 g/mol. The van der Waals surface area contributed by atoms with E-state index in [2.05, 4.69) is 27.7 Å². The van der Waals surface area contributed by atoms with Gasteiger partial charge in [0.15, 0.2) is 186 Å². The summed E-state index contributed by atoms with van der Waals surface area (Å²) in [7, 11) is -2.42. The van der Waals surface area contributed by atoms with E-state index in [0.29, 0.717) is 0 Å². The van der Waals surface area contributed by atoms with Gasteiger partial charge in [-0.1, -0.05) is 53.4 Å². The molecule has 0 radical (unpaired) electrons. The van der Waals surface area contributed by atoms with E-state index in [4.69, 9.17) is 15.1 Å². The molecule has 8 aromatic carbocycles. The Labute approximate surface area is 567 Å². The van der Waals surface area contributed by atoms with Crippen molar-refractivity contribution in [2.24, 2.45) is 0 Å². The maximum absolute atomic E-state index is 13.4. The minimum Gasteiger partial charge on any atom is -0.832 e.